The first kappa shape index (κ1) is 43.2. The van der Waals surface area contributed by atoms with Crippen molar-refractivity contribution in [1.82, 2.24) is 9.80 Å². The lowest BCUT2D eigenvalue weighted by molar-refractivity contribution is -0.156. The molecule has 4 aliphatic carbocycles. The second kappa shape index (κ2) is 18.1. The number of carbonyl (C=O) groups excluding carboxylic acids is 2. The SMILES string of the molecule is O=C(Oc1cc(Oc2ccccc2)cc2c1C[C@@H]1[C@@H]3CCCC[C@]23CCN1CCc1ccco1)C(=O)Oc1cc(Oc2ccccc2)cc2c1C[C@@H]1[C@@H]3CCCC[C@]23CCN1CCc1ccco1. The smallest absolute Gasteiger partial charge is 0.423 e. The zero-order valence-electron chi connectivity index (χ0n) is 38.7. The zero-order chi connectivity index (χ0) is 45.7. The maximum atomic E-state index is 14.5. The highest BCUT2D eigenvalue weighted by Gasteiger charge is 2.56. The summed E-state index contributed by atoms with van der Waals surface area (Å²) in [5.74, 6) is 4.06. The van der Waals surface area contributed by atoms with Crippen molar-refractivity contribution in [2.24, 2.45) is 11.8 Å². The number of hydrogen-bond acceptors (Lipinski definition) is 10. The number of benzene rings is 4. The van der Waals surface area contributed by atoms with Crippen molar-refractivity contribution in [3.05, 3.63) is 155 Å². The van der Waals surface area contributed by atoms with Crippen LogP contribution in [0.15, 0.2) is 131 Å². The van der Waals surface area contributed by atoms with Crippen molar-refractivity contribution < 1.29 is 37.4 Å². The molecule has 12 rings (SSSR count). The van der Waals surface area contributed by atoms with E-state index in [9.17, 15) is 9.59 Å². The van der Waals surface area contributed by atoms with Crippen LogP contribution in [0.25, 0.3) is 0 Å². The molecule has 10 nitrogen and oxygen atoms in total. The lowest BCUT2D eigenvalue weighted by atomic mass is 9.52. The van der Waals surface area contributed by atoms with Gasteiger partial charge in [-0.2, -0.15) is 0 Å². The van der Waals surface area contributed by atoms with Gasteiger partial charge in [0.2, 0.25) is 0 Å². The molecule has 0 radical (unpaired) electrons. The Kier molecular flexibility index (Phi) is 11.5. The molecule has 2 aliphatic heterocycles. The van der Waals surface area contributed by atoms with Crippen LogP contribution in [0, 0.1) is 11.8 Å². The second-order valence-corrected chi connectivity index (χ2v) is 20.3. The molecule has 350 valence electrons. The van der Waals surface area contributed by atoms with Crippen LogP contribution in [-0.2, 0) is 46.1 Å². The van der Waals surface area contributed by atoms with Gasteiger partial charge in [-0.1, -0.05) is 62.1 Å². The topological polar surface area (TPSA) is 104 Å². The number of hydrogen-bond donors (Lipinski definition) is 0. The van der Waals surface area contributed by atoms with Gasteiger partial charge in [0.1, 0.15) is 46.0 Å². The highest BCUT2D eigenvalue weighted by molar-refractivity contribution is 6.31. The molecule has 68 heavy (non-hydrogen) atoms. The van der Waals surface area contributed by atoms with Crippen molar-refractivity contribution in [2.45, 2.75) is 113 Å². The monoisotopic (exact) mass is 912 g/mol. The van der Waals surface area contributed by atoms with Crippen molar-refractivity contribution in [3.63, 3.8) is 0 Å². The summed E-state index contributed by atoms with van der Waals surface area (Å²) in [5.41, 5.74) is 4.17. The minimum absolute atomic E-state index is 0.0893. The van der Waals surface area contributed by atoms with Gasteiger partial charge in [0.15, 0.2) is 0 Å². The fourth-order valence-corrected chi connectivity index (χ4v) is 14.1. The standard InChI is InChI=1S/C58H60N2O8/c61-55(67-53-35-43(65-41-13-3-1-4-14-41)33-49-45(53)37-51-47-19-7-9-23-57(47,49)25-29-59(51)27-21-39-17-11-31-63-39)56(62)68-54-36-44(66-42-15-5-2-6-16-42)34-50-46(54)38-52-48-20-8-10-24-58(48,50)26-30-60(52)28-22-40-18-12-32-64-40/h1-6,11-18,31-36,47-48,51-52H,7-10,19-30,37-38H2/t47-,48-,51+,52+,57+,58+/m0/s1. The van der Waals surface area contributed by atoms with Gasteiger partial charge in [-0.05, 0) is 148 Å². The van der Waals surface area contributed by atoms with E-state index in [0.717, 1.165) is 113 Å². The summed E-state index contributed by atoms with van der Waals surface area (Å²) in [6.45, 7) is 3.74. The number of rotatable bonds is 12. The molecule has 4 heterocycles. The van der Waals surface area contributed by atoms with E-state index in [1.165, 1.54) is 24.0 Å². The Morgan fingerprint density at radius 3 is 1.41 bits per heavy atom. The van der Waals surface area contributed by atoms with Gasteiger partial charge in [0, 0.05) is 72.1 Å². The number of nitrogens with zero attached hydrogens (tertiary/aromatic N) is 2. The maximum Gasteiger partial charge on any atom is 0.423 e. The second-order valence-electron chi connectivity index (χ2n) is 20.3. The van der Waals surface area contributed by atoms with E-state index < -0.39 is 11.9 Å². The fourth-order valence-electron chi connectivity index (χ4n) is 14.1. The Balaban J connectivity index is 0.885. The Hall–Kier alpha value is -6.10. The highest BCUT2D eigenvalue weighted by atomic mass is 16.6. The predicted molar refractivity (Wildman–Crippen MR) is 257 cm³/mol. The van der Waals surface area contributed by atoms with Crippen molar-refractivity contribution >= 4 is 11.9 Å². The van der Waals surface area contributed by atoms with Crippen LogP contribution in [-0.4, -0.2) is 60.0 Å². The first-order chi connectivity index (χ1) is 33.4. The van der Waals surface area contributed by atoms with Gasteiger partial charge in [0.05, 0.1) is 12.5 Å². The Morgan fingerprint density at radius 2 is 0.985 bits per heavy atom. The number of para-hydroxylation sites is 2. The van der Waals surface area contributed by atoms with E-state index in [2.05, 4.69) is 34.1 Å². The molecule has 2 saturated heterocycles. The van der Waals surface area contributed by atoms with Crippen LogP contribution in [0.5, 0.6) is 34.5 Å². The van der Waals surface area contributed by atoms with Crippen LogP contribution in [0.3, 0.4) is 0 Å². The van der Waals surface area contributed by atoms with Crippen molar-refractivity contribution in [1.29, 1.82) is 0 Å². The third kappa shape index (κ3) is 7.93. The minimum Gasteiger partial charge on any atom is -0.469 e. The van der Waals surface area contributed by atoms with Crippen LogP contribution in [0.1, 0.15) is 98.0 Å². The average molecular weight is 913 g/mol. The molecule has 2 saturated carbocycles. The summed E-state index contributed by atoms with van der Waals surface area (Å²) in [5, 5.41) is 0. The molecular weight excluding hydrogens is 853 g/mol. The Labute approximate surface area is 398 Å². The number of piperidine rings is 2. The maximum absolute atomic E-state index is 14.5. The molecule has 0 unspecified atom stereocenters. The molecule has 10 heteroatoms. The van der Waals surface area contributed by atoms with Crippen LogP contribution < -0.4 is 18.9 Å². The van der Waals surface area contributed by atoms with Crippen LogP contribution in [0.2, 0.25) is 0 Å². The summed E-state index contributed by atoms with van der Waals surface area (Å²) >= 11 is 0. The van der Waals surface area contributed by atoms with Crippen LogP contribution in [0.4, 0.5) is 0 Å². The lowest BCUT2D eigenvalue weighted by Crippen LogP contribution is -2.61. The zero-order valence-corrected chi connectivity index (χ0v) is 38.7. The molecule has 0 amide bonds. The molecule has 6 aromatic rings. The minimum atomic E-state index is -1.06. The number of furan rings is 2. The van der Waals surface area contributed by atoms with Gasteiger partial charge in [-0.25, -0.2) is 9.59 Å². The fraction of sp³-hybridized carbons (Fsp3) is 0.414. The normalized spacial score (nSPS) is 26.1. The van der Waals surface area contributed by atoms with Gasteiger partial charge in [-0.15, -0.1) is 0 Å². The molecule has 0 spiro atoms. The van der Waals surface area contributed by atoms with E-state index in [1.54, 1.807) is 24.7 Å². The summed E-state index contributed by atoms with van der Waals surface area (Å²) < 4.78 is 37.3. The number of carbonyl (C=O) groups is 2. The lowest BCUT2D eigenvalue weighted by Gasteiger charge is -2.59. The summed E-state index contributed by atoms with van der Waals surface area (Å²) in [6, 6.07) is 35.9. The van der Waals surface area contributed by atoms with E-state index in [-0.39, 0.29) is 22.9 Å². The molecule has 4 bridgehead atoms. The molecule has 4 fully saturated rings. The van der Waals surface area contributed by atoms with E-state index in [0.29, 0.717) is 59.2 Å². The Bertz CT molecular complexity index is 2570. The third-order valence-electron chi connectivity index (χ3n) is 17.0. The molecule has 0 N–H and O–H groups in total. The number of ether oxygens (including phenoxy) is 4. The number of esters is 2. The summed E-state index contributed by atoms with van der Waals surface area (Å²) in [6.07, 6.45) is 17.7. The first-order valence-corrected chi connectivity index (χ1v) is 25.2. The van der Waals surface area contributed by atoms with E-state index >= 15 is 0 Å². The molecule has 4 aromatic carbocycles. The van der Waals surface area contributed by atoms with E-state index in [1.807, 2.05) is 72.8 Å². The first-order valence-electron chi connectivity index (χ1n) is 25.2. The molecular formula is C58H60N2O8. The third-order valence-corrected chi connectivity index (χ3v) is 17.0. The molecule has 2 aromatic heterocycles. The largest absolute Gasteiger partial charge is 0.469 e. The van der Waals surface area contributed by atoms with Crippen molar-refractivity contribution in [3.8, 4) is 34.5 Å². The highest BCUT2D eigenvalue weighted by Crippen LogP contribution is 2.60. The van der Waals surface area contributed by atoms with E-state index in [4.69, 9.17) is 27.8 Å². The van der Waals surface area contributed by atoms with Gasteiger partial charge in [-0.3, -0.25) is 9.80 Å². The number of likely N-dealkylation sites (tertiary alicyclic amines) is 2. The van der Waals surface area contributed by atoms with Crippen LogP contribution >= 0.6 is 0 Å². The van der Waals surface area contributed by atoms with Gasteiger partial charge in [0.25, 0.3) is 0 Å². The summed E-state index contributed by atoms with van der Waals surface area (Å²) in [7, 11) is 0. The van der Waals surface area contributed by atoms with Gasteiger partial charge >= 0.3 is 11.9 Å². The van der Waals surface area contributed by atoms with Gasteiger partial charge < -0.3 is 27.8 Å². The average Bonchev–Trinajstić information content (AvgIpc) is 4.10. The molecule has 6 atom stereocenters. The van der Waals surface area contributed by atoms with Crippen molar-refractivity contribution in [2.75, 3.05) is 26.2 Å². The predicted octanol–water partition coefficient (Wildman–Crippen LogP) is 11.6. The molecule has 6 aliphatic rings. The quantitative estimate of drug-likeness (QED) is 0.0670. The Morgan fingerprint density at radius 1 is 0.529 bits per heavy atom. The number of fused-ring (bicyclic) bond motifs is 2. The summed E-state index contributed by atoms with van der Waals surface area (Å²) in [4.78, 5) is 34.3.